The Labute approximate surface area is 169 Å². The molecule has 2 atom stereocenters. The predicted octanol–water partition coefficient (Wildman–Crippen LogP) is 4.19. The van der Waals surface area contributed by atoms with E-state index in [1.165, 1.54) is 6.92 Å². The molecule has 1 saturated heterocycles. The van der Waals surface area contributed by atoms with Crippen LogP contribution in [0.1, 0.15) is 31.9 Å². The first-order chi connectivity index (χ1) is 13.9. The monoisotopic (exact) mass is 404 g/mol. The fourth-order valence-corrected chi connectivity index (χ4v) is 3.40. The molecule has 29 heavy (non-hydrogen) atoms. The number of carbonyl (C=O) groups is 1. The summed E-state index contributed by atoms with van der Waals surface area (Å²) in [6.45, 7) is 4.36. The highest BCUT2D eigenvalue weighted by molar-refractivity contribution is 5.73. The van der Waals surface area contributed by atoms with Gasteiger partial charge in [0.25, 0.3) is 6.43 Å². The molecule has 2 aromatic carbocycles. The number of nitrogens with one attached hydrogen (secondary N) is 1. The maximum atomic E-state index is 12.3. The molecule has 7 heteroatoms. The molecule has 0 spiro atoms. The van der Waals surface area contributed by atoms with Crippen molar-refractivity contribution in [3.63, 3.8) is 0 Å². The van der Waals surface area contributed by atoms with Gasteiger partial charge < -0.3 is 19.7 Å². The average Bonchev–Trinajstić information content (AvgIpc) is 3.15. The van der Waals surface area contributed by atoms with Crippen LogP contribution in [-0.2, 0) is 4.79 Å². The molecule has 1 fully saturated rings. The topological polar surface area (TPSA) is 50.8 Å². The van der Waals surface area contributed by atoms with Gasteiger partial charge in [-0.1, -0.05) is 18.2 Å². The van der Waals surface area contributed by atoms with Gasteiger partial charge in [-0.2, -0.15) is 0 Å². The molecule has 1 unspecified atom stereocenters. The number of halogens is 2. The lowest BCUT2D eigenvalue weighted by Crippen LogP contribution is -2.24. The van der Waals surface area contributed by atoms with Gasteiger partial charge in [-0.3, -0.25) is 4.79 Å². The average molecular weight is 404 g/mol. The van der Waals surface area contributed by atoms with Crippen molar-refractivity contribution in [2.45, 2.75) is 38.8 Å². The van der Waals surface area contributed by atoms with Gasteiger partial charge in [0.15, 0.2) is 0 Å². The van der Waals surface area contributed by atoms with E-state index in [1.54, 1.807) is 18.2 Å². The van der Waals surface area contributed by atoms with Crippen molar-refractivity contribution in [2.75, 3.05) is 24.6 Å². The largest absolute Gasteiger partial charge is 0.489 e. The first-order valence-electron chi connectivity index (χ1n) is 9.70. The van der Waals surface area contributed by atoms with Crippen LogP contribution in [0.2, 0.25) is 0 Å². The molecule has 0 aliphatic carbocycles. The molecule has 1 N–H and O–H groups in total. The molecule has 1 aliphatic heterocycles. The van der Waals surface area contributed by atoms with Crippen molar-refractivity contribution in [1.82, 2.24) is 5.32 Å². The number of amides is 1. The standard InChI is InChI=1S/C22H26F2N2O3/c1-15(25-16(2)27)17-6-8-19(9-7-17)29-21-10-11-26(13-21)18-4-3-5-20(12-18)28-14-22(23)24/h3-9,12,15,21-22H,10-11,13-14H2,1-2H3,(H,25,27)/t15?,21-/m1/s1. The lowest BCUT2D eigenvalue weighted by Gasteiger charge is -2.20. The minimum atomic E-state index is -2.49. The van der Waals surface area contributed by atoms with E-state index in [4.69, 9.17) is 9.47 Å². The fraction of sp³-hybridized carbons (Fsp3) is 0.409. The number of hydrogen-bond acceptors (Lipinski definition) is 4. The molecule has 1 aliphatic rings. The second-order valence-corrected chi connectivity index (χ2v) is 7.17. The summed E-state index contributed by atoms with van der Waals surface area (Å²) < 4.78 is 35.9. The lowest BCUT2D eigenvalue weighted by atomic mass is 10.1. The van der Waals surface area contributed by atoms with Crippen LogP contribution < -0.4 is 19.7 Å². The van der Waals surface area contributed by atoms with Crippen molar-refractivity contribution in [3.05, 3.63) is 54.1 Å². The summed E-state index contributed by atoms with van der Waals surface area (Å²) in [6.07, 6.45) is -1.58. The second kappa shape index (κ2) is 9.58. The van der Waals surface area contributed by atoms with Crippen molar-refractivity contribution in [1.29, 1.82) is 0 Å². The third-order valence-corrected chi connectivity index (χ3v) is 4.81. The molecule has 2 aromatic rings. The number of alkyl halides is 2. The number of carbonyl (C=O) groups excluding carboxylic acids is 1. The highest BCUT2D eigenvalue weighted by Crippen LogP contribution is 2.27. The maximum Gasteiger partial charge on any atom is 0.272 e. The summed E-state index contributed by atoms with van der Waals surface area (Å²) in [7, 11) is 0. The Morgan fingerprint density at radius 3 is 2.66 bits per heavy atom. The second-order valence-electron chi connectivity index (χ2n) is 7.17. The van der Waals surface area contributed by atoms with Crippen molar-refractivity contribution in [3.8, 4) is 11.5 Å². The third-order valence-electron chi connectivity index (χ3n) is 4.81. The van der Waals surface area contributed by atoms with E-state index in [0.29, 0.717) is 12.3 Å². The summed E-state index contributed by atoms with van der Waals surface area (Å²) >= 11 is 0. The number of ether oxygens (including phenoxy) is 2. The molecule has 0 radical (unpaired) electrons. The van der Waals surface area contributed by atoms with Crippen LogP contribution in [0.4, 0.5) is 14.5 Å². The molecular weight excluding hydrogens is 378 g/mol. The van der Waals surface area contributed by atoms with Crippen LogP contribution in [0.25, 0.3) is 0 Å². The molecular formula is C22H26F2N2O3. The van der Waals surface area contributed by atoms with Crippen molar-refractivity contribution in [2.24, 2.45) is 0 Å². The van der Waals surface area contributed by atoms with Crippen molar-refractivity contribution >= 4 is 11.6 Å². The Morgan fingerprint density at radius 1 is 1.21 bits per heavy atom. The molecule has 5 nitrogen and oxygen atoms in total. The van der Waals surface area contributed by atoms with Gasteiger partial charge in [0.05, 0.1) is 12.6 Å². The zero-order valence-electron chi connectivity index (χ0n) is 16.6. The van der Waals surface area contributed by atoms with E-state index < -0.39 is 13.0 Å². The normalized spacial score (nSPS) is 17.3. The third kappa shape index (κ3) is 6.07. The molecule has 3 rings (SSSR count). The number of nitrogens with zero attached hydrogens (tertiary/aromatic N) is 1. The van der Waals surface area contributed by atoms with Gasteiger partial charge in [0.1, 0.15) is 24.2 Å². The lowest BCUT2D eigenvalue weighted by molar-refractivity contribution is -0.119. The Morgan fingerprint density at radius 2 is 1.97 bits per heavy atom. The Hall–Kier alpha value is -2.83. The van der Waals surface area contributed by atoms with Crippen molar-refractivity contribution < 1.29 is 23.0 Å². The minimum absolute atomic E-state index is 0.0410. The SMILES string of the molecule is CC(=O)NC(C)c1ccc(O[C@@H]2CCN(c3cccc(OCC(F)F)c3)C2)cc1. The Bertz CT molecular complexity index is 814. The Kier molecular flexibility index (Phi) is 6.90. The van der Waals surface area contributed by atoms with E-state index in [0.717, 1.165) is 30.0 Å². The first kappa shape index (κ1) is 20.9. The molecule has 156 valence electrons. The number of hydrogen-bond donors (Lipinski definition) is 1. The van der Waals surface area contributed by atoms with E-state index in [-0.39, 0.29) is 18.1 Å². The highest BCUT2D eigenvalue weighted by atomic mass is 19.3. The van der Waals surface area contributed by atoms with E-state index in [1.807, 2.05) is 37.3 Å². The smallest absolute Gasteiger partial charge is 0.272 e. The number of rotatable bonds is 8. The Balaban J connectivity index is 1.55. The minimum Gasteiger partial charge on any atom is -0.489 e. The van der Waals surface area contributed by atoms with Gasteiger partial charge in [-0.15, -0.1) is 0 Å². The predicted molar refractivity (Wildman–Crippen MR) is 108 cm³/mol. The van der Waals surface area contributed by atoms with Crippen LogP contribution in [-0.4, -0.2) is 38.1 Å². The fourth-order valence-electron chi connectivity index (χ4n) is 3.40. The zero-order valence-corrected chi connectivity index (χ0v) is 16.6. The number of anilines is 1. The zero-order chi connectivity index (χ0) is 20.8. The maximum absolute atomic E-state index is 12.3. The summed E-state index contributed by atoms with van der Waals surface area (Å²) in [4.78, 5) is 13.3. The van der Waals surface area contributed by atoms with E-state index in [2.05, 4.69) is 10.2 Å². The number of benzene rings is 2. The molecule has 1 amide bonds. The van der Waals surface area contributed by atoms with E-state index >= 15 is 0 Å². The van der Waals surface area contributed by atoms with Gasteiger partial charge in [0, 0.05) is 31.6 Å². The van der Waals surface area contributed by atoms with Gasteiger partial charge in [-0.25, -0.2) is 8.78 Å². The first-order valence-corrected chi connectivity index (χ1v) is 9.70. The summed E-state index contributed by atoms with van der Waals surface area (Å²) in [5, 5.41) is 2.86. The van der Waals surface area contributed by atoms with Crippen LogP contribution in [0.5, 0.6) is 11.5 Å². The summed E-state index contributed by atoms with van der Waals surface area (Å²) in [6, 6.07) is 14.9. The van der Waals surface area contributed by atoms with Gasteiger partial charge in [-0.05, 0) is 36.8 Å². The molecule has 0 saturated carbocycles. The molecule has 1 heterocycles. The summed E-state index contributed by atoms with van der Waals surface area (Å²) in [5.74, 6) is 1.16. The summed E-state index contributed by atoms with van der Waals surface area (Å²) in [5.41, 5.74) is 1.95. The van der Waals surface area contributed by atoms with Crippen LogP contribution in [0, 0.1) is 0 Å². The molecule has 0 aromatic heterocycles. The highest BCUT2D eigenvalue weighted by Gasteiger charge is 2.24. The quantitative estimate of drug-likeness (QED) is 0.717. The molecule has 0 bridgehead atoms. The van der Waals surface area contributed by atoms with Gasteiger partial charge >= 0.3 is 0 Å². The van der Waals surface area contributed by atoms with Gasteiger partial charge in [0.2, 0.25) is 5.91 Å². The van der Waals surface area contributed by atoms with Crippen LogP contribution in [0.3, 0.4) is 0 Å². The van der Waals surface area contributed by atoms with E-state index in [9.17, 15) is 13.6 Å². The van der Waals surface area contributed by atoms with Crippen LogP contribution >= 0.6 is 0 Å². The van der Waals surface area contributed by atoms with Crippen LogP contribution in [0.15, 0.2) is 48.5 Å².